The summed E-state index contributed by atoms with van der Waals surface area (Å²) in [6.45, 7) is 6.17. The maximum absolute atomic E-state index is 11.3. The highest BCUT2D eigenvalue weighted by Gasteiger charge is 2.01. The number of aromatic nitrogens is 2. The molecule has 5 heteroatoms. The van der Waals surface area contributed by atoms with Gasteiger partial charge in [-0.2, -0.15) is 0 Å². The monoisotopic (exact) mass is 224 g/mol. The standard InChI is InChI=1S/C11H20N4O/c1-3-5-13-11(16)4-6-12-7-10-9(2)14-8-15-10/h8,12H,3-7H2,1-2H3,(H,13,16)(H,14,15). The fourth-order valence-electron chi connectivity index (χ4n) is 1.33. The molecule has 0 aromatic carbocycles. The second-order valence-electron chi connectivity index (χ2n) is 3.75. The van der Waals surface area contributed by atoms with E-state index in [0.717, 1.165) is 24.4 Å². The van der Waals surface area contributed by atoms with Crippen LogP contribution < -0.4 is 10.6 Å². The molecule has 0 aliphatic heterocycles. The van der Waals surface area contributed by atoms with Gasteiger partial charge in [0.1, 0.15) is 0 Å². The first-order valence-corrected chi connectivity index (χ1v) is 5.70. The molecule has 0 bridgehead atoms. The minimum atomic E-state index is 0.105. The summed E-state index contributed by atoms with van der Waals surface area (Å²) in [7, 11) is 0. The number of nitrogens with zero attached hydrogens (tertiary/aromatic N) is 1. The predicted octanol–water partition coefficient (Wildman–Crippen LogP) is 0.724. The van der Waals surface area contributed by atoms with Crippen molar-refractivity contribution >= 4 is 5.91 Å². The van der Waals surface area contributed by atoms with E-state index in [9.17, 15) is 4.79 Å². The molecule has 0 saturated carbocycles. The third-order valence-electron chi connectivity index (χ3n) is 2.33. The lowest BCUT2D eigenvalue weighted by atomic mass is 10.3. The molecular formula is C11H20N4O. The van der Waals surface area contributed by atoms with E-state index in [-0.39, 0.29) is 5.91 Å². The molecule has 0 saturated heterocycles. The van der Waals surface area contributed by atoms with Gasteiger partial charge in [-0.3, -0.25) is 4.79 Å². The molecule has 1 amide bonds. The van der Waals surface area contributed by atoms with Crippen molar-refractivity contribution in [2.45, 2.75) is 33.2 Å². The second-order valence-corrected chi connectivity index (χ2v) is 3.75. The van der Waals surface area contributed by atoms with Gasteiger partial charge in [0.25, 0.3) is 0 Å². The van der Waals surface area contributed by atoms with Crippen LogP contribution in [-0.4, -0.2) is 29.0 Å². The SMILES string of the molecule is CCCNC(=O)CCNCc1nc[nH]c1C. The van der Waals surface area contributed by atoms with Gasteiger partial charge in [0.05, 0.1) is 12.0 Å². The third-order valence-corrected chi connectivity index (χ3v) is 2.33. The quantitative estimate of drug-likeness (QED) is 0.598. The number of aryl methyl sites for hydroxylation is 1. The molecule has 1 heterocycles. The predicted molar refractivity (Wildman–Crippen MR) is 62.9 cm³/mol. The molecule has 0 spiro atoms. The fraction of sp³-hybridized carbons (Fsp3) is 0.636. The van der Waals surface area contributed by atoms with Crippen molar-refractivity contribution in [2.24, 2.45) is 0 Å². The van der Waals surface area contributed by atoms with Crippen LogP contribution in [0.15, 0.2) is 6.33 Å². The number of hydrogen-bond donors (Lipinski definition) is 3. The Balaban J connectivity index is 2.08. The summed E-state index contributed by atoms with van der Waals surface area (Å²) in [6, 6.07) is 0. The summed E-state index contributed by atoms with van der Waals surface area (Å²) in [6.07, 6.45) is 3.18. The van der Waals surface area contributed by atoms with Gasteiger partial charge >= 0.3 is 0 Å². The first-order valence-electron chi connectivity index (χ1n) is 5.70. The molecule has 16 heavy (non-hydrogen) atoms. The van der Waals surface area contributed by atoms with Crippen molar-refractivity contribution in [3.8, 4) is 0 Å². The zero-order valence-electron chi connectivity index (χ0n) is 9.97. The lowest BCUT2D eigenvalue weighted by Gasteiger charge is -2.04. The molecule has 0 fully saturated rings. The minimum Gasteiger partial charge on any atom is -0.356 e. The Morgan fingerprint density at radius 1 is 1.50 bits per heavy atom. The van der Waals surface area contributed by atoms with E-state index in [1.165, 1.54) is 0 Å². The maximum atomic E-state index is 11.3. The highest BCUT2D eigenvalue weighted by atomic mass is 16.1. The van der Waals surface area contributed by atoms with Gasteiger partial charge in [-0.05, 0) is 13.3 Å². The van der Waals surface area contributed by atoms with E-state index >= 15 is 0 Å². The zero-order valence-corrected chi connectivity index (χ0v) is 9.97. The van der Waals surface area contributed by atoms with Crippen LogP contribution >= 0.6 is 0 Å². The van der Waals surface area contributed by atoms with Gasteiger partial charge < -0.3 is 15.6 Å². The Kier molecular flexibility index (Phi) is 5.56. The van der Waals surface area contributed by atoms with Gasteiger partial charge in [0, 0.05) is 31.7 Å². The van der Waals surface area contributed by atoms with Crippen LogP contribution in [-0.2, 0) is 11.3 Å². The minimum absolute atomic E-state index is 0.105. The van der Waals surface area contributed by atoms with Crippen molar-refractivity contribution < 1.29 is 4.79 Å². The number of amides is 1. The molecule has 90 valence electrons. The largest absolute Gasteiger partial charge is 0.356 e. The van der Waals surface area contributed by atoms with E-state index in [1.54, 1.807) is 6.33 Å². The van der Waals surface area contributed by atoms with E-state index in [1.807, 2.05) is 13.8 Å². The molecular weight excluding hydrogens is 204 g/mol. The topological polar surface area (TPSA) is 69.8 Å². The average Bonchev–Trinajstić information content (AvgIpc) is 2.67. The summed E-state index contributed by atoms with van der Waals surface area (Å²) in [5.41, 5.74) is 2.08. The number of rotatable bonds is 7. The van der Waals surface area contributed by atoms with Crippen LogP contribution in [0.4, 0.5) is 0 Å². The number of nitrogens with one attached hydrogen (secondary N) is 3. The normalized spacial score (nSPS) is 10.4. The number of carbonyl (C=O) groups excluding carboxylic acids is 1. The van der Waals surface area contributed by atoms with Gasteiger partial charge in [0.2, 0.25) is 5.91 Å². The first-order chi connectivity index (χ1) is 7.74. The summed E-state index contributed by atoms with van der Waals surface area (Å²) < 4.78 is 0. The van der Waals surface area contributed by atoms with E-state index < -0.39 is 0 Å². The van der Waals surface area contributed by atoms with E-state index in [0.29, 0.717) is 19.5 Å². The second kappa shape index (κ2) is 7.00. The molecule has 0 atom stereocenters. The molecule has 0 unspecified atom stereocenters. The molecule has 5 nitrogen and oxygen atoms in total. The van der Waals surface area contributed by atoms with Gasteiger partial charge in [-0.15, -0.1) is 0 Å². The van der Waals surface area contributed by atoms with Crippen LogP contribution in [0.2, 0.25) is 0 Å². The summed E-state index contributed by atoms with van der Waals surface area (Å²) in [5.74, 6) is 0.105. The lowest BCUT2D eigenvalue weighted by molar-refractivity contribution is -0.120. The third kappa shape index (κ3) is 4.44. The highest BCUT2D eigenvalue weighted by molar-refractivity contribution is 5.75. The van der Waals surface area contributed by atoms with Crippen molar-refractivity contribution in [3.05, 3.63) is 17.7 Å². The number of H-pyrrole nitrogens is 1. The van der Waals surface area contributed by atoms with Crippen LogP contribution in [0, 0.1) is 6.92 Å². The fourth-order valence-corrected chi connectivity index (χ4v) is 1.33. The van der Waals surface area contributed by atoms with Crippen molar-refractivity contribution in [2.75, 3.05) is 13.1 Å². The Hall–Kier alpha value is -1.36. The summed E-state index contributed by atoms with van der Waals surface area (Å²) in [5, 5.41) is 6.03. The molecule has 0 radical (unpaired) electrons. The summed E-state index contributed by atoms with van der Waals surface area (Å²) in [4.78, 5) is 18.4. The van der Waals surface area contributed by atoms with Crippen LogP contribution in [0.25, 0.3) is 0 Å². The average molecular weight is 224 g/mol. The lowest BCUT2D eigenvalue weighted by Crippen LogP contribution is -2.28. The van der Waals surface area contributed by atoms with Crippen molar-refractivity contribution in [3.63, 3.8) is 0 Å². The van der Waals surface area contributed by atoms with Crippen LogP contribution in [0.1, 0.15) is 31.2 Å². The first kappa shape index (κ1) is 12.7. The zero-order chi connectivity index (χ0) is 11.8. The Labute approximate surface area is 96.0 Å². The smallest absolute Gasteiger partial charge is 0.221 e. The van der Waals surface area contributed by atoms with Crippen LogP contribution in [0.3, 0.4) is 0 Å². The molecule has 0 aliphatic carbocycles. The van der Waals surface area contributed by atoms with E-state index in [4.69, 9.17) is 0 Å². The number of imidazole rings is 1. The Bertz CT molecular complexity index is 322. The summed E-state index contributed by atoms with van der Waals surface area (Å²) >= 11 is 0. The van der Waals surface area contributed by atoms with Crippen molar-refractivity contribution in [1.29, 1.82) is 0 Å². The molecule has 1 rings (SSSR count). The van der Waals surface area contributed by atoms with Crippen LogP contribution in [0.5, 0.6) is 0 Å². The van der Waals surface area contributed by atoms with Crippen molar-refractivity contribution in [1.82, 2.24) is 20.6 Å². The van der Waals surface area contributed by atoms with Gasteiger partial charge in [-0.1, -0.05) is 6.92 Å². The Morgan fingerprint density at radius 2 is 2.31 bits per heavy atom. The molecule has 3 N–H and O–H groups in total. The molecule has 1 aromatic rings. The molecule has 0 aliphatic rings. The van der Waals surface area contributed by atoms with E-state index in [2.05, 4.69) is 20.6 Å². The number of carbonyl (C=O) groups is 1. The van der Waals surface area contributed by atoms with Gasteiger partial charge in [-0.25, -0.2) is 4.98 Å². The highest BCUT2D eigenvalue weighted by Crippen LogP contribution is 1.98. The number of hydrogen-bond acceptors (Lipinski definition) is 3. The Morgan fingerprint density at radius 3 is 2.94 bits per heavy atom. The van der Waals surface area contributed by atoms with Gasteiger partial charge in [0.15, 0.2) is 0 Å². The number of aromatic amines is 1. The maximum Gasteiger partial charge on any atom is 0.221 e. The molecule has 1 aromatic heterocycles.